The van der Waals surface area contributed by atoms with Gasteiger partial charge in [-0.25, -0.2) is 0 Å². The minimum absolute atomic E-state index is 0.267. The van der Waals surface area contributed by atoms with Gasteiger partial charge in [-0.2, -0.15) is 0 Å². The highest BCUT2D eigenvalue weighted by Crippen LogP contribution is 2.60. The molecule has 0 aromatic carbocycles. The first-order chi connectivity index (χ1) is 15.7. The Morgan fingerprint density at radius 1 is 0.312 bits per heavy atom. The van der Waals surface area contributed by atoms with Crippen LogP contribution in [0.15, 0.2) is 0 Å². The standard InChI is InChI=1S/C32H30/c1(3-5-7-9-11-31-19-25-13-26(20-31)15-27(14-25)21-31)2-4-6-8-10-12-32-22-28-16-29(23-32)18-30(17-28)24-32/h25-30H,13-24H2. The summed E-state index contributed by atoms with van der Waals surface area (Å²) in [4.78, 5) is 0. The molecule has 0 unspecified atom stereocenters. The summed E-state index contributed by atoms with van der Waals surface area (Å²) in [6.45, 7) is 0. The molecule has 0 heterocycles. The summed E-state index contributed by atoms with van der Waals surface area (Å²) >= 11 is 0. The van der Waals surface area contributed by atoms with Gasteiger partial charge >= 0.3 is 0 Å². The number of hydrogen-bond donors (Lipinski definition) is 0. The second-order valence-corrected chi connectivity index (χ2v) is 11.9. The third kappa shape index (κ3) is 4.07. The molecule has 0 radical (unpaired) electrons. The maximum absolute atomic E-state index is 3.53. The van der Waals surface area contributed by atoms with E-state index in [1.54, 1.807) is 0 Å². The molecule has 0 N–H and O–H groups in total. The van der Waals surface area contributed by atoms with Gasteiger partial charge in [-0.05, 0) is 172 Å². The fraction of sp³-hybridized carbons (Fsp3) is 0.625. The highest BCUT2D eigenvalue weighted by molar-refractivity contribution is 5.44. The summed E-state index contributed by atoms with van der Waals surface area (Å²) in [6, 6.07) is 0. The molecule has 158 valence electrons. The van der Waals surface area contributed by atoms with Crippen LogP contribution in [-0.2, 0) is 0 Å². The summed E-state index contributed by atoms with van der Waals surface area (Å²) in [6.07, 6.45) is 16.5. The Labute approximate surface area is 194 Å². The van der Waals surface area contributed by atoms with Gasteiger partial charge in [-0.3, -0.25) is 0 Å². The van der Waals surface area contributed by atoms with Gasteiger partial charge in [0, 0.05) is 10.8 Å². The lowest BCUT2D eigenvalue weighted by atomic mass is 9.50. The Balaban J connectivity index is 1.02. The van der Waals surface area contributed by atoms with Crippen molar-refractivity contribution in [1.82, 2.24) is 0 Å². The summed E-state index contributed by atoms with van der Waals surface area (Å²) in [5, 5.41) is 0. The van der Waals surface area contributed by atoms with Crippen LogP contribution in [0.5, 0.6) is 0 Å². The monoisotopic (exact) mass is 414 g/mol. The third-order valence-corrected chi connectivity index (χ3v) is 9.29. The van der Waals surface area contributed by atoms with Crippen molar-refractivity contribution in [3.8, 4) is 71.0 Å². The highest BCUT2D eigenvalue weighted by Gasteiger charge is 2.51. The fourth-order valence-corrected chi connectivity index (χ4v) is 9.11. The normalized spacial score (nSPS) is 42.8. The van der Waals surface area contributed by atoms with Gasteiger partial charge in [0.2, 0.25) is 0 Å². The molecule has 8 aliphatic carbocycles. The van der Waals surface area contributed by atoms with Crippen LogP contribution in [0, 0.1) is 117 Å². The Kier molecular flexibility index (Phi) is 5.03. The van der Waals surface area contributed by atoms with Crippen molar-refractivity contribution in [2.75, 3.05) is 0 Å². The van der Waals surface area contributed by atoms with Crippen molar-refractivity contribution in [2.45, 2.75) is 77.0 Å². The molecular weight excluding hydrogens is 384 g/mol. The predicted molar refractivity (Wildman–Crippen MR) is 128 cm³/mol. The lowest BCUT2D eigenvalue weighted by Gasteiger charge is -2.54. The molecule has 0 amide bonds. The molecule has 8 fully saturated rings. The van der Waals surface area contributed by atoms with Crippen LogP contribution in [0.4, 0.5) is 0 Å². The molecule has 0 spiro atoms. The Bertz CT molecular complexity index is 1000. The fourth-order valence-electron chi connectivity index (χ4n) is 9.11. The van der Waals surface area contributed by atoms with Crippen LogP contribution in [0.1, 0.15) is 77.0 Å². The van der Waals surface area contributed by atoms with Crippen molar-refractivity contribution in [1.29, 1.82) is 0 Å². The van der Waals surface area contributed by atoms with Crippen LogP contribution in [0.3, 0.4) is 0 Å². The van der Waals surface area contributed by atoms with Gasteiger partial charge in [0.05, 0.1) is 0 Å². The van der Waals surface area contributed by atoms with Crippen LogP contribution in [-0.4, -0.2) is 0 Å². The number of hydrogen-bond acceptors (Lipinski definition) is 0. The van der Waals surface area contributed by atoms with E-state index in [1.165, 1.54) is 77.0 Å². The zero-order valence-corrected chi connectivity index (χ0v) is 18.9. The largest absolute Gasteiger partial charge is 0.0822 e. The molecule has 0 aliphatic heterocycles. The Hall–Kier alpha value is -2.64. The van der Waals surface area contributed by atoms with E-state index in [1.807, 2.05) is 0 Å². The van der Waals surface area contributed by atoms with Crippen LogP contribution in [0.2, 0.25) is 0 Å². The van der Waals surface area contributed by atoms with E-state index >= 15 is 0 Å². The van der Waals surface area contributed by atoms with Gasteiger partial charge in [0.1, 0.15) is 0 Å². The van der Waals surface area contributed by atoms with Crippen LogP contribution < -0.4 is 0 Å². The molecule has 32 heavy (non-hydrogen) atoms. The first-order valence-electron chi connectivity index (χ1n) is 12.7. The summed E-state index contributed by atoms with van der Waals surface area (Å²) in [7, 11) is 0. The predicted octanol–water partition coefficient (Wildman–Crippen LogP) is 5.44. The summed E-state index contributed by atoms with van der Waals surface area (Å²) in [5.41, 5.74) is 0.535. The smallest absolute Gasteiger partial charge is 0.0332 e. The molecule has 0 aromatic rings. The summed E-state index contributed by atoms with van der Waals surface area (Å²) < 4.78 is 0. The lowest BCUT2D eigenvalue weighted by molar-refractivity contribution is -0.0182. The van der Waals surface area contributed by atoms with E-state index in [9.17, 15) is 0 Å². The highest BCUT2D eigenvalue weighted by atomic mass is 14.5. The molecular formula is C32H30. The summed E-state index contributed by atoms with van der Waals surface area (Å²) in [5.74, 6) is 41.4. The van der Waals surface area contributed by atoms with E-state index in [0.29, 0.717) is 0 Å². The van der Waals surface area contributed by atoms with Crippen molar-refractivity contribution < 1.29 is 0 Å². The maximum Gasteiger partial charge on any atom is 0.0332 e. The van der Waals surface area contributed by atoms with Crippen molar-refractivity contribution in [3.63, 3.8) is 0 Å². The average molecular weight is 415 g/mol. The van der Waals surface area contributed by atoms with Gasteiger partial charge in [0.15, 0.2) is 0 Å². The van der Waals surface area contributed by atoms with Crippen LogP contribution >= 0.6 is 0 Å². The second kappa shape index (κ2) is 8.05. The first-order valence-corrected chi connectivity index (χ1v) is 12.7. The van der Waals surface area contributed by atoms with E-state index in [-0.39, 0.29) is 10.8 Å². The SMILES string of the molecule is C(C#CC#CC#CC12CC3CC(CC(C3)C1)C2)#CC#CC#CC12CC3CC(CC(C3)C1)C2. The average Bonchev–Trinajstić information content (AvgIpc) is 2.72. The minimum Gasteiger partial charge on any atom is -0.0822 e. The van der Waals surface area contributed by atoms with E-state index in [0.717, 1.165) is 35.5 Å². The molecule has 0 heteroatoms. The molecule has 0 atom stereocenters. The number of rotatable bonds is 0. The third-order valence-electron chi connectivity index (χ3n) is 9.29. The molecule has 8 bridgehead atoms. The van der Waals surface area contributed by atoms with Crippen molar-refractivity contribution in [3.05, 3.63) is 0 Å². The topological polar surface area (TPSA) is 0 Å². The zero-order chi connectivity index (χ0) is 21.4. The molecule has 8 saturated carbocycles. The van der Waals surface area contributed by atoms with Gasteiger partial charge in [0.25, 0.3) is 0 Å². The molecule has 0 aromatic heterocycles. The van der Waals surface area contributed by atoms with Gasteiger partial charge in [-0.15, -0.1) is 0 Å². The van der Waals surface area contributed by atoms with Gasteiger partial charge < -0.3 is 0 Å². The zero-order valence-electron chi connectivity index (χ0n) is 18.9. The minimum atomic E-state index is 0.267. The maximum atomic E-state index is 3.53. The Morgan fingerprint density at radius 2 is 0.531 bits per heavy atom. The van der Waals surface area contributed by atoms with Crippen LogP contribution in [0.25, 0.3) is 0 Å². The van der Waals surface area contributed by atoms with E-state index in [4.69, 9.17) is 0 Å². The quantitative estimate of drug-likeness (QED) is 0.463. The Morgan fingerprint density at radius 3 is 0.781 bits per heavy atom. The molecule has 8 rings (SSSR count). The lowest BCUT2D eigenvalue weighted by Crippen LogP contribution is -2.45. The van der Waals surface area contributed by atoms with Crippen molar-refractivity contribution in [2.24, 2.45) is 46.3 Å². The van der Waals surface area contributed by atoms with E-state index < -0.39 is 0 Å². The molecule has 8 aliphatic rings. The first kappa shape index (κ1) is 20.0. The van der Waals surface area contributed by atoms with Crippen molar-refractivity contribution >= 4 is 0 Å². The second-order valence-electron chi connectivity index (χ2n) is 11.9. The van der Waals surface area contributed by atoms with Gasteiger partial charge in [-0.1, -0.05) is 11.8 Å². The van der Waals surface area contributed by atoms with E-state index in [2.05, 4.69) is 71.0 Å². The molecule has 0 nitrogen and oxygen atoms in total. The molecule has 0 saturated heterocycles.